The first-order valence-corrected chi connectivity index (χ1v) is 7.60. The summed E-state index contributed by atoms with van der Waals surface area (Å²) in [5.74, 6) is -1.30. The van der Waals surface area contributed by atoms with Crippen LogP contribution in [0.4, 0.5) is 14.5 Å². The van der Waals surface area contributed by atoms with Gasteiger partial charge in [0.25, 0.3) is 6.43 Å². The average Bonchev–Trinajstić information content (AvgIpc) is 2.60. The molecule has 25 heavy (non-hydrogen) atoms. The van der Waals surface area contributed by atoms with E-state index in [-0.39, 0.29) is 12.3 Å². The van der Waals surface area contributed by atoms with Gasteiger partial charge in [0, 0.05) is 12.2 Å². The summed E-state index contributed by atoms with van der Waals surface area (Å²) in [6.45, 7) is 1.29. The predicted octanol–water partition coefficient (Wildman–Crippen LogP) is 2.89. The summed E-state index contributed by atoms with van der Waals surface area (Å²) in [5, 5.41) is 4.96. The Balaban J connectivity index is 1.85. The molecule has 0 saturated carbocycles. The molecule has 0 bridgehead atoms. The van der Waals surface area contributed by atoms with Crippen LogP contribution in [0.3, 0.4) is 0 Å². The molecule has 0 radical (unpaired) electrons. The second kappa shape index (κ2) is 8.77. The number of ether oxygens (including phenoxy) is 1. The van der Waals surface area contributed by atoms with E-state index in [0.29, 0.717) is 11.3 Å². The minimum Gasteiger partial charge on any atom is -0.488 e. The minimum absolute atomic E-state index is 0.0754. The average molecular weight is 348 g/mol. The van der Waals surface area contributed by atoms with E-state index in [4.69, 9.17) is 4.74 Å². The highest BCUT2D eigenvalue weighted by molar-refractivity contribution is 6.39. The molecule has 0 aliphatic rings. The number of amides is 2. The van der Waals surface area contributed by atoms with Gasteiger partial charge in [0.15, 0.2) is 0 Å². The van der Waals surface area contributed by atoms with Gasteiger partial charge < -0.3 is 15.4 Å². The number of rotatable bonds is 6. The fraction of sp³-hybridized carbons (Fsp3) is 0.222. The molecule has 0 heterocycles. The molecule has 0 aromatic heterocycles. The number of alkyl halides is 2. The summed E-state index contributed by atoms with van der Waals surface area (Å²) in [6, 6.07) is 13.4. The standard InChI is InChI=1S/C18H18F2N2O3/c1-12-5-7-14(8-6-12)22-18(24)17(23)21-10-13-3-2-4-15(9-13)25-11-16(19)20/h2-9,16H,10-11H2,1H3,(H,21,23)(H,22,24). The molecule has 0 aliphatic carbocycles. The number of aryl methyl sites for hydroxylation is 1. The smallest absolute Gasteiger partial charge is 0.313 e. The molecule has 7 heteroatoms. The molecular weight excluding hydrogens is 330 g/mol. The number of carbonyl (C=O) groups excluding carboxylic acids is 2. The lowest BCUT2D eigenvalue weighted by Gasteiger charge is -2.09. The zero-order valence-electron chi connectivity index (χ0n) is 13.6. The van der Waals surface area contributed by atoms with Crippen LogP contribution in [0, 0.1) is 6.92 Å². The molecule has 2 aromatic rings. The monoisotopic (exact) mass is 348 g/mol. The van der Waals surface area contributed by atoms with Crippen molar-refractivity contribution in [3.05, 3.63) is 59.7 Å². The summed E-state index contributed by atoms with van der Waals surface area (Å²) in [4.78, 5) is 23.7. The topological polar surface area (TPSA) is 67.4 Å². The first kappa shape index (κ1) is 18.4. The summed E-state index contributed by atoms with van der Waals surface area (Å²) in [5.41, 5.74) is 2.19. The Hall–Kier alpha value is -2.96. The molecule has 0 unspecified atom stereocenters. The van der Waals surface area contributed by atoms with Gasteiger partial charge in [-0.05, 0) is 36.8 Å². The van der Waals surface area contributed by atoms with Crippen molar-refractivity contribution < 1.29 is 23.1 Å². The van der Waals surface area contributed by atoms with Gasteiger partial charge in [-0.25, -0.2) is 8.78 Å². The highest BCUT2D eigenvalue weighted by atomic mass is 19.3. The number of nitrogens with one attached hydrogen (secondary N) is 2. The Morgan fingerprint density at radius 2 is 1.80 bits per heavy atom. The van der Waals surface area contributed by atoms with E-state index >= 15 is 0 Å². The van der Waals surface area contributed by atoms with Crippen LogP contribution < -0.4 is 15.4 Å². The lowest BCUT2D eigenvalue weighted by molar-refractivity contribution is -0.136. The molecule has 0 atom stereocenters. The molecule has 0 saturated heterocycles. The van der Waals surface area contributed by atoms with Gasteiger partial charge in [0.05, 0.1) is 0 Å². The van der Waals surface area contributed by atoms with Crippen molar-refractivity contribution in [3.63, 3.8) is 0 Å². The molecule has 2 aromatic carbocycles. The number of benzene rings is 2. The van der Waals surface area contributed by atoms with Crippen LogP contribution in [0.15, 0.2) is 48.5 Å². The molecule has 132 valence electrons. The first-order valence-electron chi connectivity index (χ1n) is 7.60. The summed E-state index contributed by atoms with van der Waals surface area (Å²) in [7, 11) is 0. The Bertz CT molecular complexity index is 733. The number of halogens is 2. The second-order valence-electron chi connectivity index (χ2n) is 5.35. The molecule has 5 nitrogen and oxygen atoms in total. The van der Waals surface area contributed by atoms with Crippen LogP contribution in [0.25, 0.3) is 0 Å². The van der Waals surface area contributed by atoms with Crippen LogP contribution in [-0.2, 0) is 16.1 Å². The van der Waals surface area contributed by atoms with E-state index in [9.17, 15) is 18.4 Å². The third-order valence-electron chi connectivity index (χ3n) is 3.24. The molecule has 2 rings (SSSR count). The van der Waals surface area contributed by atoms with E-state index in [2.05, 4.69) is 10.6 Å². The van der Waals surface area contributed by atoms with Crippen molar-refractivity contribution in [2.24, 2.45) is 0 Å². The van der Waals surface area contributed by atoms with Gasteiger partial charge in [-0.2, -0.15) is 0 Å². The summed E-state index contributed by atoms with van der Waals surface area (Å²) >= 11 is 0. The van der Waals surface area contributed by atoms with E-state index in [0.717, 1.165) is 5.56 Å². The van der Waals surface area contributed by atoms with Gasteiger partial charge in [-0.15, -0.1) is 0 Å². The first-order chi connectivity index (χ1) is 11.9. The summed E-state index contributed by atoms with van der Waals surface area (Å²) < 4.78 is 29.2. The SMILES string of the molecule is Cc1ccc(NC(=O)C(=O)NCc2cccc(OCC(F)F)c2)cc1. The van der Waals surface area contributed by atoms with Crippen molar-refractivity contribution in [2.45, 2.75) is 19.9 Å². The van der Waals surface area contributed by atoms with Crippen molar-refractivity contribution in [1.29, 1.82) is 0 Å². The molecule has 0 aliphatic heterocycles. The van der Waals surface area contributed by atoms with Crippen LogP contribution in [0.1, 0.15) is 11.1 Å². The molecular formula is C18H18F2N2O3. The fourth-order valence-electron chi connectivity index (χ4n) is 1.99. The Morgan fingerprint density at radius 1 is 1.08 bits per heavy atom. The van der Waals surface area contributed by atoms with Crippen molar-refractivity contribution >= 4 is 17.5 Å². The second-order valence-corrected chi connectivity index (χ2v) is 5.35. The maximum atomic E-state index is 12.1. The van der Waals surface area contributed by atoms with Crippen molar-refractivity contribution in [1.82, 2.24) is 5.32 Å². The normalized spacial score (nSPS) is 10.4. The largest absolute Gasteiger partial charge is 0.488 e. The van der Waals surface area contributed by atoms with Crippen molar-refractivity contribution in [3.8, 4) is 5.75 Å². The molecule has 0 fully saturated rings. The van der Waals surface area contributed by atoms with Crippen molar-refractivity contribution in [2.75, 3.05) is 11.9 Å². The lowest BCUT2D eigenvalue weighted by Crippen LogP contribution is -2.34. The maximum Gasteiger partial charge on any atom is 0.313 e. The van der Waals surface area contributed by atoms with E-state index in [1.54, 1.807) is 24.3 Å². The Morgan fingerprint density at radius 3 is 2.48 bits per heavy atom. The number of hydrogen-bond acceptors (Lipinski definition) is 3. The van der Waals surface area contributed by atoms with Crippen LogP contribution in [0.2, 0.25) is 0 Å². The quantitative estimate of drug-likeness (QED) is 0.789. The highest BCUT2D eigenvalue weighted by Crippen LogP contribution is 2.14. The fourth-order valence-corrected chi connectivity index (χ4v) is 1.99. The zero-order valence-corrected chi connectivity index (χ0v) is 13.6. The third kappa shape index (κ3) is 6.21. The minimum atomic E-state index is -2.56. The molecule has 2 amide bonds. The Kier molecular flexibility index (Phi) is 6.45. The zero-order chi connectivity index (χ0) is 18.2. The van der Waals surface area contributed by atoms with Gasteiger partial charge >= 0.3 is 11.8 Å². The number of anilines is 1. The van der Waals surface area contributed by atoms with Crippen LogP contribution >= 0.6 is 0 Å². The number of hydrogen-bond donors (Lipinski definition) is 2. The maximum absolute atomic E-state index is 12.1. The van der Waals surface area contributed by atoms with Gasteiger partial charge in [0.1, 0.15) is 12.4 Å². The van der Waals surface area contributed by atoms with Gasteiger partial charge in [-0.1, -0.05) is 29.8 Å². The van der Waals surface area contributed by atoms with Gasteiger partial charge in [0.2, 0.25) is 0 Å². The predicted molar refractivity (Wildman–Crippen MR) is 89.6 cm³/mol. The molecule has 2 N–H and O–H groups in total. The lowest BCUT2D eigenvalue weighted by atomic mass is 10.2. The Labute approximate surface area is 144 Å². The van der Waals surface area contributed by atoms with Crippen LogP contribution in [0.5, 0.6) is 5.75 Å². The van der Waals surface area contributed by atoms with E-state index in [1.807, 2.05) is 19.1 Å². The summed E-state index contributed by atoms with van der Waals surface area (Å²) in [6.07, 6.45) is -2.56. The third-order valence-corrected chi connectivity index (χ3v) is 3.24. The van der Waals surface area contributed by atoms with E-state index in [1.165, 1.54) is 12.1 Å². The number of carbonyl (C=O) groups is 2. The highest BCUT2D eigenvalue weighted by Gasteiger charge is 2.13. The van der Waals surface area contributed by atoms with Gasteiger partial charge in [-0.3, -0.25) is 9.59 Å². The molecule has 0 spiro atoms. The van der Waals surface area contributed by atoms with E-state index < -0.39 is 24.8 Å². The van der Waals surface area contributed by atoms with Crippen LogP contribution in [-0.4, -0.2) is 24.8 Å².